The second-order valence-corrected chi connectivity index (χ2v) is 16.2. The zero-order valence-corrected chi connectivity index (χ0v) is 36.2. The van der Waals surface area contributed by atoms with Crippen LogP contribution in [0.25, 0.3) is 0 Å². The summed E-state index contributed by atoms with van der Waals surface area (Å²) in [5.74, 6) is -0.0772. The van der Waals surface area contributed by atoms with Gasteiger partial charge in [-0.25, -0.2) is 0 Å². The number of amides is 1. The highest BCUT2D eigenvalue weighted by molar-refractivity contribution is 5.76. The van der Waals surface area contributed by atoms with Gasteiger partial charge in [-0.3, -0.25) is 4.79 Å². The van der Waals surface area contributed by atoms with E-state index in [1.807, 2.05) is 6.08 Å². The van der Waals surface area contributed by atoms with Crippen molar-refractivity contribution in [3.8, 4) is 0 Å². The number of nitrogens with one attached hydrogen (secondary N) is 1. The molecule has 54 heavy (non-hydrogen) atoms. The summed E-state index contributed by atoms with van der Waals surface area (Å²) < 4.78 is 0. The number of aliphatic hydroxyl groups excluding tert-OH is 2. The largest absolute Gasteiger partial charge is 0.394 e. The van der Waals surface area contributed by atoms with Crippen molar-refractivity contribution in [2.24, 2.45) is 0 Å². The van der Waals surface area contributed by atoms with Gasteiger partial charge in [0, 0.05) is 6.42 Å². The summed E-state index contributed by atoms with van der Waals surface area (Å²) in [5.41, 5.74) is 0. The zero-order valence-electron chi connectivity index (χ0n) is 36.2. The average molecular weight is 756 g/mol. The maximum Gasteiger partial charge on any atom is 0.220 e. The zero-order chi connectivity index (χ0) is 39.3. The summed E-state index contributed by atoms with van der Waals surface area (Å²) in [4.78, 5) is 12.4. The summed E-state index contributed by atoms with van der Waals surface area (Å²) in [7, 11) is 0. The third-order valence-corrected chi connectivity index (χ3v) is 10.8. The van der Waals surface area contributed by atoms with Gasteiger partial charge in [0.1, 0.15) is 0 Å². The molecular formula is C50H93NO3. The van der Waals surface area contributed by atoms with Crippen LogP contribution >= 0.6 is 0 Å². The van der Waals surface area contributed by atoms with Gasteiger partial charge >= 0.3 is 0 Å². The van der Waals surface area contributed by atoms with E-state index in [1.165, 1.54) is 193 Å². The lowest BCUT2D eigenvalue weighted by Gasteiger charge is -2.19. The molecule has 0 aliphatic heterocycles. The highest BCUT2D eigenvalue weighted by Gasteiger charge is 2.17. The monoisotopic (exact) mass is 756 g/mol. The van der Waals surface area contributed by atoms with Gasteiger partial charge in [0.05, 0.1) is 18.8 Å². The molecule has 0 aromatic heterocycles. The fourth-order valence-corrected chi connectivity index (χ4v) is 7.13. The van der Waals surface area contributed by atoms with Crippen molar-refractivity contribution in [1.29, 1.82) is 0 Å². The molecule has 0 aliphatic carbocycles. The second kappa shape index (κ2) is 45.7. The molecule has 2 atom stereocenters. The number of allylic oxidation sites excluding steroid dienone is 7. The van der Waals surface area contributed by atoms with E-state index in [2.05, 4.69) is 55.6 Å². The van der Waals surface area contributed by atoms with Crippen LogP contribution in [0.5, 0.6) is 0 Å². The first kappa shape index (κ1) is 52.3. The summed E-state index contributed by atoms with van der Waals surface area (Å²) in [6.45, 7) is 4.28. The maximum atomic E-state index is 12.4. The number of hydrogen-bond acceptors (Lipinski definition) is 3. The van der Waals surface area contributed by atoms with Gasteiger partial charge in [0.25, 0.3) is 0 Å². The standard InChI is InChI=1S/C50H93NO3/c1-3-5-7-9-11-13-15-17-19-21-23-24-25-26-28-29-31-33-35-37-39-41-43-45-49(53)48(47-52)51-50(54)46-44-42-40-38-36-34-32-30-27-22-20-18-16-14-12-10-8-6-4-2/h12,14,16,18,35,37,43,45,48-49,52-53H,3-11,13,15,17,19-34,36,38-42,44,46-47H2,1-2H3,(H,51,54)/b14-12-,18-16-,37-35+,45-43+. The highest BCUT2D eigenvalue weighted by Crippen LogP contribution is 2.15. The van der Waals surface area contributed by atoms with E-state index in [-0.39, 0.29) is 12.5 Å². The van der Waals surface area contributed by atoms with Crippen LogP contribution in [0.3, 0.4) is 0 Å². The summed E-state index contributed by atoms with van der Waals surface area (Å²) in [6, 6.07) is -0.641. The van der Waals surface area contributed by atoms with E-state index in [4.69, 9.17) is 0 Å². The van der Waals surface area contributed by atoms with Gasteiger partial charge in [-0.2, -0.15) is 0 Å². The Kier molecular flexibility index (Phi) is 44.3. The molecule has 0 bridgehead atoms. The first-order valence-electron chi connectivity index (χ1n) is 23.9. The molecule has 3 N–H and O–H groups in total. The second-order valence-electron chi connectivity index (χ2n) is 16.2. The molecule has 1 amide bonds. The van der Waals surface area contributed by atoms with Crippen LogP contribution in [0.1, 0.15) is 245 Å². The Hall–Kier alpha value is -1.65. The number of unbranched alkanes of at least 4 members (excludes halogenated alkanes) is 31. The van der Waals surface area contributed by atoms with Gasteiger partial charge < -0.3 is 15.5 Å². The lowest BCUT2D eigenvalue weighted by molar-refractivity contribution is -0.123. The van der Waals surface area contributed by atoms with Crippen LogP contribution < -0.4 is 5.32 Å². The molecule has 316 valence electrons. The van der Waals surface area contributed by atoms with Gasteiger partial charge in [-0.15, -0.1) is 0 Å². The van der Waals surface area contributed by atoms with Crippen LogP contribution in [0, 0.1) is 0 Å². The molecule has 0 aliphatic rings. The van der Waals surface area contributed by atoms with Gasteiger partial charge in [-0.05, 0) is 57.8 Å². The first-order valence-corrected chi connectivity index (χ1v) is 23.9. The molecule has 0 heterocycles. The lowest BCUT2D eigenvalue weighted by atomic mass is 10.0. The third-order valence-electron chi connectivity index (χ3n) is 10.8. The van der Waals surface area contributed by atoms with E-state index >= 15 is 0 Å². The van der Waals surface area contributed by atoms with Gasteiger partial charge in [-0.1, -0.05) is 229 Å². The Balaban J connectivity index is 3.59. The molecular weight excluding hydrogens is 663 g/mol. The van der Waals surface area contributed by atoms with Crippen molar-refractivity contribution < 1.29 is 15.0 Å². The Bertz CT molecular complexity index is 862. The number of carbonyl (C=O) groups excluding carboxylic acids is 1. The maximum absolute atomic E-state index is 12.4. The minimum Gasteiger partial charge on any atom is -0.394 e. The Morgan fingerprint density at radius 3 is 1.22 bits per heavy atom. The Morgan fingerprint density at radius 1 is 0.444 bits per heavy atom. The smallest absolute Gasteiger partial charge is 0.220 e. The third kappa shape index (κ3) is 41.5. The van der Waals surface area contributed by atoms with Crippen LogP contribution in [-0.2, 0) is 4.79 Å². The van der Waals surface area contributed by atoms with Gasteiger partial charge in [0.2, 0.25) is 5.91 Å². The molecule has 4 heteroatoms. The van der Waals surface area contributed by atoms with Crippen molar-refractivity contribution in [2.75, 3.05) is 6.61 Å². The normalized spacial score (nSPS) is 13.3. The minimum absolute atomic E-state index is 0.0772. The van der Waals surface area contributed by atoms with Crippen molar-refractivity contribution in [3.05, 3.63) is 48.6 Å². The SMILES string of the molecule is CCCCC/C=C\C=C/CCCCCCCCCCCCC(=O)NC(CO)C(O)/C=C/CC/C=C/CCCCCCCCCCCCCCCCCCC. The molecule has 0 fully saturated rings. The summed E-state index contributed by atoms with van der Waals surface area (Å²) in [5, 5.41) is 23.0. The molecule has 4 nitrogen and oxygen atoms in total. The average Bonchev–Trinajstić information content (AvgIpc) is 3.18. The molecule has 0 saturated carbocycles. The first-order chi connectivity index (χ1) is 26.7. The van der Waals surface area contributed by atoms with Crippen molar-refractivity contribution in [1.82, 2.24) is 5.32 Å². The molecule has 0 aromatic rings. The lowest BCUT2D eigenvalue weighted by Crippen LogP contribution is -2.45. The van der Waals surface area contributed by atoms with Crippen molar-refractivity contribution in [2.45, 2.75) is 257 Å². The minimum atomic E-state index is -0.864. The quantitative estimate of drug-likeness (QED) is 0.0330. The van der Waals surface area contributed by atoms with E-state index < -0.39 is 12.1 Å². The van der Waals surface area contributed by atoms with Crippen LogP contribution in [0.4, 0.5) is 0 Å². The predicted octanol–water partition coefficient (Wildman–Crippen LogP) is 15.1. The van der Waals surface area contributed by atoms with Crippen LogP contribution in [-0.4, -0.2) is 34.9 Å². The predicted molar refractivity (Wildman–Crippen MR) is 239 cm³/mol. The summed E-state index contributed by atoms with van der Waals surface area (Å²) >= 11 is 0. The van der Waals surface area contributed by atoms with E-state index in [0.29, 0.717) is 6.42 Å². The van der Waals surface area contributed by atoms with Gasteiger partial charge in [0.15, 0.2) is 0 Å². The van der Waals surface area contributed by atoms with Crippen molar-refractivity contribution in [3.63, 3.8) is 0 Å². The Morgan fingerprint density at radius 2 is 0.778 bits per heavy atom. The topological polar surface area (TPSA) is 69.6 Å². The fourth-order valence-electron chi connectivity index (χ4n) is 7.13. The molecule has 0 radical (unpaired) electrons. The van der Waals surface area contributed by atoms with Crippen molar-refractivity contribution >= 4 is 5.91 Å². The molecule has 0 rings (SSSR count). The molecule has 0 aromatic carbocycles. The molecule has 0 saturated heterocycles. The van der Waals surface area contributed by atoms with E-state index in [1.54, 1.807) is 6.08 Å². The highest BCUT2D eigenvalue weighted by atomic mass is 16.3. The number of carbonyl (C=O) groups is 1. The number of rotatable bonds is 43. The molecule has 2 unspecified atom stereocenters. The van der Waals surface area contributed by atoms with E-state index in [0.717, 1.165) is 32.1 Å². The number of hydrogen-bond donors (Lipinski definition) is 3. The Labute approximate surface area is 337 Å². The van der Waals surface area contributed by atoms with Crippen LogP contribution in [0.2, 0.25) is 0 Å². The van der Waals surface area contributed by atoms with Crippen LogP contribution in [0.15, 0.2) is 48.6 Å². The molecule has 0 spiro atoms. The number of aliphatic hydroxyl groups is 2. The fraction of sp³-hybridized carbons (Fsp3) is 0.820. The van der Waals surface area contributed by atoms with E-state index in [9.17, 15) is 15.0 Å². The summed E-state index contributed by atoms with van der Waals surface area (Å²) in [6.07, 6.45) is 62.3.